The minimum atomic E-state index is 0.0212. The van der Waals surface area contributed by atoms with Crippen molar-refractivity contribution in [3.63, 3.8) is 0 Å². The summed E-state index contributed by atoms with van der Waals surface area (Å²) in [7, 11) is 0. The quantitative estimate of drug-likeness (QED) is 0.643. The van der Waals surface area contributed by atoms with Gasteiger partial charge in [-0.2, -0.15) is 12.6 Å². The molecule has 0 atom stereocenters. The second-order valence-electron chi connectivity index (χ2n) is 4.01. The van der Waals surface area contributed by atoms with Crippen molar-refractivity contribution in [2.75, 3.05) is 25.4 Å². The molecule has 0 aliphatic carbocycles. The predicted molar refractivity (Wildman–Crippen MR) is 54.9 cm³/mol. The molecule has 1 saturated heterocycles. The summed E-state index contributed by atoms with van der Waals surface area (Å²) >= 11 is 3.95. The topological polar surface area (TPSA) is 40.5 Å². The third kappa shape index (κ3) is 2.61. The third-order valence-corrected chi connectivity index (χ3v) is 3.11. The number of piperidine rings is 1. The van der Waals surface area contributed by atoms with Gasteiger partial charge in [0.15, 0.2) is 0 Å². The van der Waals surface area contributed by atoms with Gasteiger partial charge in [0, 0.05) is 19.7 Å². The molecule has 0 aromatic heterocycles. The lowest BCUT2D eigenvalue weighted by atomic mass is 9.81. The standard InChI is InChI=1S/C9H17NO2S/c1-9(7-11)2-4-10(5-3-9)8(12)6-13/h11,13H,2-7H2,1H3. The molecule has 1 aliphatic rings. The number of aliphatic hydroxyl groups is 1. The highest BCUT2D eigenvalue weighted by Crippen LogP contribution is 2.29. The molecule has 13 heavy (non-hydrogen) atoms. The molecule has 0 aromatic rings. The van der Waals surface area contributed by atoms with Crippen LogP contribution in [0.3, 0.4) is 0 Å². The van der Waals surface area contributed by atoms with Gasteiger partial charge in [0.25, 0.3) is 0 Å². The zero-order valence-electron chi connectivity index (χ0n) is 7.99. The molecule has 0 spiro atoms. The number of rotatable bonds is 2. The summed E-state index contributed by atoms with van der Waals surface area (Å²) < 4.78 is 0. The largest absolute Gasteiger partial charge is 0.396 e. The normalized spacial score (nSPS) is 21.6. The maximum absolute atomic E-state index is 11.3. The molecule has 76 valence electrons. The molecule has 1 rings (SSSR count). The Morgan fingerprint density at radius 3 is 2.46 bits per heavy atom. The van der Waals surface area contributed by atoms with E-state index in [1.807, 2.05) is 4.90 Å². The van der Waals surface area contributed by atoms with Crippen molar-refractivity contribution >= 4 is 18.5 Å². The average Bonchev–Trinajstić information content (AvgIpc) is 2.18. The lowest BCUT2D eigenvalue weighted by Gasteiger charge is -2.38. The lowest BCUT2D eigenvalue weighted by Crippen LogP contribution is -2.43. The highest BCUT2D eigenvalue weighted by molar-refractivity contribution is 7.81. The van der Waals surface area contributed by atoms with Crippen molar-refractivity contribution in [2.45, 2.75) is 19.8 Å². The first kappa shape index (κ1) is 10.9. The monoisotopic (exact) mass is 203 g/mol. The van der Waals surface area contributed by atoms with Crippen LogP contribution in [0.15, 0.2) is 0 Å². The molecule has 0 bridgehead atoms. The van der Waals surface area contributed by atoms with Gasteiger partial charge in [-0.3, -0.25) is 4.79 Å². The van der Waals surface area contributed by atoms with Crippen LogP contribution >= 0.6 is 12.6 Å². The number of carbonyl (C=O) groups excluding carboxylic acids is 1. The predicted octanol–water partition coefficient (Wildman–Crippen LogP) is 0.537. The summed E-state index contributed by atoms with van der Waals surface area (Å²) in [5.74, 6) is 0.388. The number of amides is 1. The third-order valence-electron chi connectivity index (χ3n) is 2.84. The summed E-state index contributed by atoms with van der Waals surface area (Å²) in [5.41, 5.74) is 0.0212. The zero-order valence-corrected chi connectivity index (χ0v) is 8.89. The average molecular weight is 203 g/mol. The Hall–Kier alpha value is -0.220. The Morgan fingerprint density at radius 1 is 1.54 bits per heavy atom. The molecule has 1 N–H and O–H groups in total. The van der Waals surface area contributed by atoms with Crippen LogP contribution in [0.25, 0.3) is 0 Å². The highest BCUT2D eigenvalue weighted by atomic mass is 32.1. The number of carbonyl (C=O) groups is 1. The van der Waals surface area contributed by atoms with Crippen molar-refractivity contribution in [2.24, 2.45) is 5.41 Å². The molecular weight excluding hydrogens is 186 g/mol. The molecule has 3 nitrogen and oxygen atoms in total. The molecule has 0 saturated carbocycles. The number of hydrogen-bond acceptors (Lipinski definition) is 3. The summed E-state index contributed by atoms with van der Waals surface area (Å²) in [6, 6.07) is 0. The second kappa shape index (κ2) is 4.33. The van der Waals surface area contributed by atoms with Gasteiger partial charge in [-0.1, -0.05) is 6.92 Å². The van der Waals surface area contributed by atoms with E-state index in [-0.39, 0.29) is 23.7 Å². The van der Waals surface area contributed by atoms with E-state index in [1.54, 1.807) is 0 Å². The Labute approximate surface area is 84.5 Å². The first-order valence-corrected chi connectivity index (χ1v) is 5.24. The van der Waals surface area contributed by atoms with Crippen LogP contribution in [0.4, 0.5) is 0 Å². The van der Waals surface area contributed by atoms with E-state index in [4.69, 9.17) is 5.11 Å². The lowest BCUT2D eigenvalue weighted by molar-refractivity contribution is -0.130. The van der Waals surface area contributed by atoms with E-state index in [9.17, 15) is 4.79 Å². The summed E-state index contributed by atoms with van der Waals surface area (Å²) in [6.07, 6.45) is 1.78. The van der Waals surface area contributed by atoms with E-state index in [2.05, 4.69) is 19.6 Å². The highest BCUT2D eigenvalue weighted by Gasteiger charge is 2.30. The molecule has 4 heteroatoms. The second-order valence-corrected chi connectivity index (χ2v) is 4.32. The number of aliphatic hydroxyl groups excluding tert-OH is 1. The summed E-state index contributed by atoms with van der Waals surface area (Å²) in [5, 5.41) is 9.11. The van der Waals surface area contributed by atoms with Gasteiger partial charge in [-0.05, 0) is 18.3 Å². The molecule has 1 amide bonds. The summed E-state index contributed by atoms with van der Waals surface area (Å²) in [4.78, 5) is 13.1. The number of nitrogens with zero attached hydrogens (tertiary/aromatic N) is 1. The minimum Gasteiger partial charge on any atom is -0.396 e. The van der Waals surface area contributed by atoms with Crippen LogP contribution in [0.2, 0.25) is 0 Å². The van der Waals surface area contributed by atoms with E-state index in [0.29, 0.717) is 0 Å². The molecule has 1 fully saturated rings. The van der Waals surface area contributed by atoms with Crippen LogP contribution in [-0.2, 0) is 4.79 Å². The van der Waals surface area contributed by atoms with E-state index >= 15 is 0 Å². The fourth-order valence-electron chi connectivity index (χ4n) is 1.55. The van der Waals surface area contributed by atoms with Crippen LogP contribution in [0, 0.1) is 5.41 Å². The Balaban J connectivity index is 2.43. The number of likely N-dealkylation sites (tertiary alicyclic amines) is 1. The molecule has 1 heterocycles. The smallest absolute Gasteiger partial charge is 0.232 e. The van der Waals surface area contributed by atoms with Crippen molar-refractivity contribution in [3.8, 4) is 0 Å². The van der Waals surface area contributed by atoms with Gasteiger partial charge < -0.3 is 10.0 Å². The van der Waals surface area contributed by atoms with Gasteiger partial charge in [0.2, 0.25) is 5.91 Å². The van der Waals surface area contributed by atoms with Crippen LogP contribution in [0.5, 0.6) is 0 Å². The summed E-state index contributed by atoms with van der Waals surface area (Å²) in [6.45, 7) is 3.80. The first-order chi connectivity index (χ1) is 6.11. The molecule has 0 unspecified atom stereocenters. The van der Waals surface area contributed by atoms with Crippen molar-refractivity contribution in [3.05, 3.63) is 0 Å². The molecule has 1 aliphatic heterocycles. The Bertz CT molecular complexity index is 188. The van der Waals surface area contributed by atoms with Crippen molar-refractivity contribution in [1.29, 1.82) is 0 Å². The Kier molecular flexibility index (Phi) is 3.62. The van der Waals surface area contributed by atoms with E-state index in [0.717, 1.165) is 25.9 Å². The van der Waals surface area contributed by atoms with Gasteiger partial charge in [-0.15, -0.1) is 0 Å². The SMILES string of the molecule is CC1(CO)CCN(C(=O)CS)CC1. The van der Waals surface area contributed by atoms with E-state index in [1.165, 1.54) is 0 Å². The Morgan fingerprint density at radius 2 is 2.08 bits per heavy atom. The van der Waals surface area contributed by atoms with Gasteiger partial charge in [-0.25, -0.2) is 0 Å². The van der Waals surface area contributed by atoms with E-state index < -0.39 is 0 Å². The van der Waals surface area contributed by atoms with Gasteiger partial charge >= 0.3 is 0 Å². The number of thiol groups is 1. The first-order valence-electron chi connectivity index (χ1n) is 4.61. The van der Waals surface area contributed by atoms with Crippen molar-refractivity contribution < 1.29 is 9.90 Å². The molecule has 0 radical (unpaired) electrons. The fourth-order valence-corrected chi connectivity index (χ4v) is 1.75. The van der Waals surface area contributed by atoms with Crippen molar-refractivity contribution in [1.82, 2.24) is 4.90 Å². The molecular formula is C9H17NO2S. The van der Waals surface area contributed by atoms with Crippen LogP contribution in [-0.4, -0.2) is 41.4 Å². The number of hydrogen-bond donors (Lipinski definition) is 2. The molecule has 0 aromatic carbocycles. The fraction of sp³-hybridized carbons (Fsp3) is 0.889. The maximum Gasteiger partial charge on any atom is 0.232 e. The maximum atomic E-state index is 11.3. The van der Waals surface area contributed by atoms with Gasteiger partial charge in [0.1, 0.15) is 0 Å². The van der Waals surface area contributed by atoms with Gasteiger partial charge in [0.05, 0.1) is 5.75 Å². The van der Waals surface area contributed by atoms with Crippen LogP contribution in [0.1, 0.15) is 19.8 Å². The van der Waals surface area contributed by atoms with Crippen LogP contribution < -0.4 is 0 Å². The zero-order chi connectivity index (χ0) is 9.90. The minimum absolute atomic E-state index is 0.0212.